The lowest BCUT2D eigenvalue weighted by molar-refractivity contribution is -0.125. The SMILES string of the molecule is NC(=O)C1(c2ccc3[nH]ncc3c2F)CCCCC1c1cccnc1. The molecule has 5 nitrogen and oxygen atoms in total. The first-order valence-electron chi connectivity index (χ1n) is 8.46. The van der Waals surface area contributed by atoms with Gasteiger partial charge in [0.1, 0.15) is 5.82 Å². The maximum absolute atomic E-state index is 15.3. The van der Waals surface area contributed by atoms with Crippen LogP contribution in [-0.2, 0) is 10.2 Å². The van der Waals surface area contributed by atoms with Gasteiger partial charge in [-0.2, -0.15) is 5.10 Å². The van der Waals surface area contributed by atoms with E-state index < -0.39 is 17.1 Å². The van der Waals surface area contributed by atoms with E-state index in [0.717, 1.165) is 24.8 Å². The zero-order valence-corrected chi connectivity index (χ0v) is 13.7. The van der Waals surface area contributed by atoms with E-state index in [1.807, 2.05) is 12.1 Å². The fraction of sp³-hybridized carbons (Fsp3) is 0.316. The van der Waals surface area contributed by atoms with Gasteiger partial charge in [-0.15, -0.1) is 0 Å². The van der Waals surface area contributed by atoms with Crippen molar-refractivity contribution < 1.29 is 9.18 Å². The second kappa shape index (κ2) is 5.95. The number of pyridine rings is 1. The molecule has 1 fully saturated rings. The van der Waals surface area contributed by atoms with Gasteiger partial charge >= 0.3 is 0 Å². The van der Waals surface area contributed by atoms with Crippen LogP contribution in [0.2, 0.25) is 0 Å². The Morgan fingerprint density at radius 2 is 2.16 bits per heavy atom. The van der Waals surface area contributed by atoms with Crippen LogP contribution in [0.15, 0.2) is 42.9 Å². The highest BCUT2D eigenvalue weighted by Crippen LogP contribution is 2.50. The molecule has 0 saturated heterocycles. The Balaban J connectivity index is 1.96. The van der Waals surface area contributed by atoms with Crippen molar-refractivity contribution in [3.8, 4) is 0 Å². The highest BCUT2D eigenvalue weighted by atomic mass is 19.1. The largest absolute Gasteiger partial charge is 0.369 e. The average molecular weight is 338 g/mol. The van der Waals surface area contributed by atoms with Crippen molar-refractivity contribution in [1.82, 2.24) is 15.2 Å². The molecule has 1 amide bonds. The Morgan fingerprint density at radius 1 is 1.28 bits per heavy atom. The van der Waals surface area contributed by atoms with Crippen LogP contribution in [0.25, 0.3) is 10.9 Å². The number of hydrogen-bond donors (Lipinski definition) is 2. The summed E-state index contributed by atoms with van der Waals surface area (Å²) in [6, 6.07) is 7.22. The molecule has 2 heterocycles. The molecule has 25 heavy (non-hydrogen) atoms. The van der Waals surface area contributed by atoms with E-state index in [1.165, 1.54) is 6.20 Å². The minimum atomic E-state index is -1.07. The van der Waals surface area contributed by atoms with E-state index in [4.69, 9.17) is 5.73 Å². The Kier molecular flexibility index (Phi) is 3.75. The molecule has 0 spiro atoms. The number of nitrogens with two attached hydrogens (primary N) is 1. The third-order valence-corrected chi connectivity index (χ3v) is 5.47. The number of aromatic nitrogens is 3. The molecule has 6 heteroatoms. The lowest BCUT2D eigenvalue weighted by Gasteiger charge is -2.42. The quantitative estimate of drug-likeness (QED) is 0.769. The number of primary amides is 1. The van der Waals surface area contributed by atoms with Crippen molar-refractivity contribution in [3.05, 3.63) is 59.8 Å². The minimum Gasteiger partial charge on any atom is -0.369 e. The van der Waals surface area contributed by atoms with Crippen molar-refractivity contribution in [2.75, 3.05) is 0 Å². The molecule has 4 rings (SSSR count). The van der Waals surface area contributed by atoms with Crippen LogP contribution < -0.4 is 5.73 Å². The summed E-state index contributed by atoms with van der Waals surface area (Å²) >= 11 is 0. The van der Waals surface area contributed by atoms with Gasteiger partial charge in [-0.25, -0.2) is 4.39 Å². The number of rotatable bonds is 3. The molecule has 2 aromatic heterocycles. The lowest BCUT2D eigenvalue weighted by atomic mass is 9.60. The lowest BCUT2D eigenvalue weighted by Crippen LogP contribution is -2.48. The first kappa shape index (κ1) is 15.7. The summed E-state index contributed by atoms with van der Waals surface area (Å²) in [7, 11) is 0. The molecular weight excluding hydrogens is 319 g/mol. The van der Waals surface area contributed by atoms with Gasteiger partial charge in [0.2, 0.25) is 5.91 Å². The predicted octanol–water partition coefficient (Wildman–Crippen LogP) is 3.18. The fourth-order valence-corrected chi connectivity index (χ4v) is 4.28. The van der Waals surface area contributed by atoms with Gasteiger partial charge in [-0.05, 0) is 30.5 Å². The number of aromatic amines is 1. The molecule has 0 radical (unpaired) electrons. The number of amides is 1. The number of benzene rings is 1. The first-order chi connectivity index (χ1) is 12.1. The molecule has 1 aliphatic rings. The highest BCUT2D eigenvalue weighted by molar-refractivity contribution is 5.90. The normalized spacial score (nSPS) is 23.6. The van der Waals surface area contributed by atoms with Crippen LogP contribution in [0, 0.1) is 5.82 Å². The Morgan fingerprint density at radius 3 is 2.92 bits per heavy atom. The van der Waals surface area contributed by atoms with Crippen LogP contribution in [0.5, 0.6) is 0 Å². The third-order valence-electron chi connectivity index (χ3n) is 5.47. The minimum absolute atomic E-state index is 0.189. The van der Waals surface area contributed by atoms with Crippen molar-refractivity contribution in [2.24, 2.45) is 5.73 Å². The maximum Gasteiger partial charge on any atom is 0.228 e. The zero-order chi connectivity index (χ0) is 17.4. The molecule has 128 valence electrons. The summed E-state index contributed by atoms with van der Waals surface area (Å²) in [5.41, 5.74) is 6.72. The van der Waals surface area contributed by atoms with Gasteiger partial charge in [0.15, 0.2) is 0 Å². The number of carbonyl (C=O) groups is 1. The zero-order valence-electron chi connectivity index (χ0n) is 13.7. The van der Waals surface area contributed by atoms with Crippen molar-refractivity contribution in [2.45, 2.75) is 37.0 Å². The summed E-state index contributed by atoms with van der Waals surface area (Å²) in [4.78, 5) is 16.9. The second-order valence-corrected chi connectivity index (χ2v) is 6.68. The summed E-state index contributed by atoms with van der Waals surface area (Å²) in [6.45, 7) is 0. The summed E-state index contributed by atoms with van der Waals surface area (Å²) in [5.74, 6) is -1.09. The van der Waals surface area contributed by atoms with Gasteiger partial charge in [0.05, 0.1) is 22.5 Å². The number of hydrogen-bond acceptors (Lipinski definition) is 3. The monoisotopic (exact) mass is 338 g/mol. The number of nitrogens with zero attached hydrogens (tertiary/aromatic N) is 2. The summed E-state index contributed by atoms with van der Waals surface area (Å²) in [5, 5.41) is 7.04. The molecule has 3 aromatic rings. The number of nitrogens with one attached hydrogen (secondary N) is 1. The smallest absolute Gasteiger partial charge is 0.228 e. The van der Waals surface area contributed by atoms with Gasteiger partial charge in [-0.3, -0.25) is 14.9 Å². The van der Waals surface area contributed by atoms with E-state index in [1.54, 1.807) is 24.5 Å². The molecular formula is C19H19FN4O. The van der Waals surface area contributed by atoms with Gasteiger partial charge in [-0.1, -0.05) is 25.0 Å². The standard InChI is InChI=1S/C19H19FN4O/c20-17-13-11-23-24-16(13)7-6-15(17)19(18(21)25)8-2-1-5-14(19)12-4-3-9-22-10-12/h3-4,6-7,9-11,14H,1-2,5,8H2,(H2,21,25)(H,23,24). The van der Waals surface area contributed by atoms with Crippen molar-refractivity contribution in [3.63, 3.8) is 0 Å². The molecule has 1 aromatic carbocycles. The number of fused-ring (bicyclic) bond motifs is 1. The Bertz CT molecular complexity index is 924. The van der Waals surface area contributed by atoms with Gasteiger partial charge in [0, 0.05) is 23.9 Å². The van der Waals surface area contributed by atoms with Crippen molar-refractivity contribution >= 4 is 16.8 Å². The molecule has 1 saturated carbocycles. The molecule has 2 atom stereocenters. The van der Waals surface area contributed by atoms with E-state index in [0.29, 0.717) is 22.9 Å². The average Bonchev–Trinajstić information content (AvgIpc) is 3.12. The predicted molar refractivity (Wildman–Crippen MR) is 92.4 cm³/mol. The topological polar surface area (TPSA) is 84.7 Å². The second-order valence-electron chi connectivity index (χ2n) is 6.68. The van der Waals surface area contributed by atoms with Gasteiger partial charge in [0.25, 0.3) is 0 Å². The number of H-pyrrole nitrogens is 1. The molecule has 3 N–H and O–H groups in total. The number of halogens is 1. The van der Waals surface area contributed by atoms with E-state index in [-0.39, 0.29) is 5.92 Å². The summed E-state index contributed by atoms with van der Waals surface area (Å²) < 4.78 is 15.3. The Labute approximate surface area is 144 Å². The van der Waals surface area contributed by atoms with Crippen LogP contribution in [-0.4, -0.2) is 21.1 Å². The number of carbonyl (C=O) groups excluding carboxylic acids is 1. The third kappa shape index (κ3) is 2.32. The van der Waals surface area contributed by atoms with Crippen LogP contribution in [0.1, 0.15) is 42.7 Å². The van der Waals surface area contributed by atoms with Crippen LogP contribution >= 0.6 is 0 Å². The van der Waals surface area contributed by atoms with Gasteiger partial charge < -0.3 is 5.73 Å². The molecule has 0 aliphatic heterocycles. The fourth-order valence-electron chi connectivity index (χ4n) is 4.28. The first-order valence-corrected chi connectivity index (χ1v) is 8.46. The van der Waals surface area contributed by atoms with Crippen LogP contribution in [0.3, 0.4) is 0 Å². The molecule has 1 aliphatic carbocycles. The Hall–Kier alpha value is -2.76. The molecule has 0 bridgehead atoms. The van der Waals surface area contributed by atoms with E-state index >= 15 is 4.39 Å². The van der Waals surface area contributed by atoms with Crippen LogP contribution in [0.4, 0.5) is 4.39 Å². The van der Waals surface area contributed by atoms with E-state index in [9.17, 15) is 4.79 Å². The highest BCUT2D eigenvalue weighted by Gasteiger charge is 2.49. The molecule has 2 unspecified atom stereocenters. The maximum atomic E-state index is 15.3. The summed E-state index contributed by atoms with van der Waals surface area (Å²) in [6.07, 6.45) is 8.01. The van der Waals surface area contributed by atoms with Crippen molar-refractivity contribution in [1.29, 1.82) is 0 Å². The van der Waals surface area contributed by atoms with E-state index in [2.05, 4.69) is 15.2 Å².